The molecule has 2 heterocycles. The van der Waals surface area contributed by atoms with Crippen molar-refractivity contribution in [2.45, 2.75) is 59.4 Å². The van der Waals surface area contributed by atoms with Crippen molar-refractivity contribution in [3.05, 3.63) is 79.3 Å². The number of aromatic nitrogens is 4. The van der Waals surface area contributed by atoms with Crippen molar-refractivity contribution < 1.29 is 64.8 Å². The fourth-order valence-corrected chi connectivity index (χ4v) is 8.14. The summed E-state index contributed by atoms with van der Waals surface area (Å²) in [6, 6.07) is 2.80. The smallest absolute Gasteiger partial charge is 0.279 e. The van der Waals surface area contributed by atoms with Gasteiger partial charge in [0.05, 0.1) is 57.1 Å². The van der Waals surface area contributed by atoms with Crippen molar-refractivity contribution in [1.29, 1.82) is 0 Å². The van der Waals surface area contributed by atoms with E-state index in [1.807, 2.05) is 0 Å². The summed E-state index contributed by atoms with van der Waals surface area (Å²) in [7, 11) is -9.44. The van der Waals surface area contributed by atoms with Gasteiger partial charge in [-0.1, -0.05) is 16.2 Å². The van der Waals surface area contributed by atoms with Crippen molar-refractivity contribution >= 4 is 68.0 Å². The Labute approximate surface area is 295 Å². The van der Waals surface area contributed by atoms with Gasteiger partial charge in [0.25, 0.3) is 31.4 Å². The minimum Gasteiger partial charge on any atom is -0.293 e. The van der Waals surface area contributed by atoms with E-state index in [4.69, 9.17) is 10.5 Å². The van der Waals surface area contributed by atoms with Crippen LogP contribution in [0.2, 0.25) is 0 Å². The molecular formula is C27H28N4O16S4. The highest BCUT2D eigenvalue weighted by Crippen LogP contribution is 2.35. The molecule has 6 N–H and O–H groups in total. The van der Waals surface area contributed by atoms with Gasteiger partial charge in [0.15, 0.2) is 11.6 Å². The van der Waals surface area contributed by atoms with Gasteiger partial charge in [-0.2, -0.15) is 16.8 Å². The maximum Gasteiger partial charge on any atom is 0.279 e. The second-order valence-corrected chi connectivity index (χ2v) is 15.6. The van der Waals surface area contributed by atoms with Crippen LogP contribution in [0.5, 0.6) is 0 Å². The van der Waals surface area contributed by atoms with Gasteiger partial charge >= 0.3 is 0 Å². The second kappa shape index (κ2) is 16.6. The lowest BCUT2D eigenvalue weighted by atomic mass is 9.94. The van der Waals surface area contributed by atoms with E-state index in [1.54, 1.807) is 0 Å². The van der Waals surface area contributed by atoms with Gasteiger partial charge in [0, 0.05) is 18.7 Å². The molecule has 2 aromatic heterocycles. The number of hydrogen-bond donors (Lipinski definition) is 6. The fourth-order valence-electron chi connectivity index (χ4n) is 5.35. The van der Waals surface area contributed by atoms with Crippen molar-refractivity contribution in [2.24, 2.45) is 0 Å². The summed E-state index contributed by atoms with van der Waals surface area (Å²) in [6.45, 7) is 2.30. The van der Waals surface area contributed by atoms with Crippen LogP contribution < -0.4 is 11.1 Å². The molecule has 1 aromatic carbocycles. The van der Waals surface area contributed by atoms with Crippen molar-refractivity contribution in [2.75, 3.05) is 0 Å². The molecule has 0 aliphatic heterocycles. The predicted octanol–water partition coefficient (Wildman–Crippen LogP) is 3.04. The monoisotopic (exact) mass is 792 g/mol. The molecule has 1 aliphatic carbocycles. The van der Waals surface area contributed by atoms with Gasteiger partial charge in [-0.15, -0.1) is 14.4 Å². The molecule has 1 fully saturated rings. The molecule has 3 unspecified atom stereocenters. The number of benzene rings is 1. The van der Waals surface area contributed by atoms with Crippen LogP contribution >= 0.6 is 24.1 Å². The summed E-state index contributed by atoms with van der Waals surface area (Å²) in [5.41, 5.74) is 0.213. The molecular weight excluding hydrogens is 765 g/mol. The highest BCUT2D eigenvalue weighted by atomic mass is 32.2. The summed E-state index contributed by atoms with van der Waals surface area (Å²) < 4.78 is 77.9. The van der Waals surface area contributed by atoms with Gasteiger partial charge in [-0.3, -0.25) is 38.5 Å². The fraction of sp³-hybridized carbons (Fsp3) is 0.296. The van der Waals surface area contributed by atoms with E-state index in [0.29, 0.717) is 29.0 Å². The first-order valence-electron chi connectivity index (χ1n) is 14.2. The molecule has 0 bridgehead atoms. The Morgan fingerprint density at radius 2 is 1.57 bits per heavy atom. The number of ketones is 2. The van der Waals surface area contributed by atoms with E-state index in [1.165, 1.54) is 37.3 Å². The molecule has 51 heavy (non-hydrogen) atoms. The van der Waals surface area contributed by atoms with Crippen LogP contribution in [0.1, 0.15) is 71.3 Å². The Balaban J connectivity index is 1.73. The first-order chi connectivity index (χ1) is 24.0. The maximum absolute atomic E-state index is 13.5. The van der Waals surface area contributed by atoms with Crippen LogP contribution in [0.4, 0.5) is 0 Å². The number of Topliss-reactive ketones (excluding diaryl/α,β-unsaturated/α-hetero) is 2. The number of nitrogens with one attached hydrogen (secondary N) is 2. The van der Waals surface area contributed by atoms with E-state index in [9.17, 15) is 45.1 Å². The third kappa shape index (κ3) is 9.32. The lowest BCUT2D eigenvalue weighted by molar-refractivity contribution is -0.432. The zero-order chi connectivity index (χ0) is 37.7. The molecule has 3 aromatic rings. The third-order valence-electron chi connectivity index (χ3n) is 7.59. The first kappa shape index (κ1) is 39.9. The zero-order valence-electron chi connectivity index (χ0n) is 26.1. The van der Waals surface area contributed by atoms with Crippen LogP contribution in [0.3, 0.4) is 0 Å². The van der Waals surface area contributed by atoms with Crippen LogP contribution in [0, 0.1) is 0 Å². The standard InChI is InChI=1S/C27H28N4O16S4/c1-14(32)24-18(26(34)30(28-24)20-12-16(48-46-44-36)8-10-22(20)49-47-45-37)6-4-3-5-7-19-25(15(2)33)29-31(27(19)35)21-13-17(50(38,39)40)9-11-23(21)51(41,42)43/h3,5-8,10,12,17,21,23,28-29,36-37H,9,11,13H2,1-2H3,(H,38,39,40)(H,41,42,43). The number of carbonyl (C=O) groups is 2. The SMILES string of the molecule is CC(=O)c1[nH]n(-c2cc(SOOO)ccc2SOOO)c(=O)c1C=C=CC=Cc1c(C(C)=O)[nH]n(C2CC(S(=O)(=O)O)CCC2S(=O)(=O)O)c1=O. The van der Waals surface area contributed by atoms with Crippen LogP contribution in [-0.2, 0) is 39.0 Å². The molecule has 0 saturated heterocycles. The lowest BCUT2D eigenvalue weighted by Gasteiger charge is -2.33. The number of carbonyl (C=O) groups excluding carboxylic acids is 2. The Kier molecular flexibility index (Phi) is 13.0. The van der Waals surface area contributed by atoms with E-state index in [0.717, 1.165) is 28.4 Å². The molecule has 24 heteroatoms. The van der Waals surface area contributed by atoms with Gasteiger partial charge in [0.2, 0.25) is 0 Å². The number of rotatable bonds is 15. The van der Waals surface area contributed by atoms with Crippen molar-refractivity contribution in [3.63, 3.8) is 0 Å². The molecule has 4 rings (SSSR count). The third-order valence-corrected chi connectivity index (χ3v) is 11.4. The largest absolute Gasteiger partial charge is 0.293 e. The van der Waals surface area contributed by atoms with Crippen LogP contribution in [-0.4, -0.2) is 78.1 Å². The minimum atomic E-state index is -4.80. The number of aromatic amines is 2. The van der Waals surface area contributed by atoms with E-state index >= 15 is 0 Å². The van der Waals surface area contributed by atoms with Crippen molar-refractivity contribution in [1.82, 2.24) is 19.6 Å². The van der Waals surface area contributed by atoms with Crippen molar-refractivity contribution in [3.8, 4) is 5.69 Å². The summed E-state index contributed by atoms with van der Waals surface area (Å²) >= 11 is 1.07. The molecule has 276 valence electrons. The number of allylic oxidation sites excluding steroid dienone is 2. The van der Waals surface area contributed by atoms with Gasteiger partial charge < -0.3 is 0 Å². The molecule has 3 atom stereocenters. The number of hydrogen-bond acceptors (Lipinski definition) is 16. The van der Waals surface area contributed by atoms with Gasteiger partial charge in [0.1, 0.15) is 16.6 Å². The molecule has 20 nitrogen and oxygen atoms in total. The number of nitrogens with zero attached hydrogens (tertiary/aromatic N) is 2. The Morgan fingerprint density at radius 1 is 0.922 bits per heavy atom. The molecule has 1 aliphatic rings. The highest BCUT2D eigenvalue weighted by Gasteiger charge is 2.44. The minimum absolute atomic E-state index is 0.0808. The highest BCUT2D eigenvalue weighted by molar-refractivity contribution is 7.95. The zero-order valence-corrected chi connectivity index (χ0v) is 29.4. The van der Waals surface area contributed by atoms with Gasteiger partial charge in [-0.25, -0.2) is 19.9 Å². The predicted molar refractivity (Wildman–Crippen MR) is 178 cm³/mol. The average molecular weight is 793 g/mol. The summed E-state index contributed by atoms with van der Waals surface area (Å²) in [6.07, 6.45) is 3.50. The average Bonchev–Trinajstić information content (AvgIpc) is 3.57. The van der Waals surface area contributed by atoms with E-state index in [-0.39, 0.29) is 39.5 Å². The first-order valence-corrected chi connectivity index (χ1v) is 18.7. The van der Waals surface area contributed by atoms with E-state index in [2.05, 4.69) is 34.7 Å². The normalized spacial score (nSPS) is 18.1. The summed E-state index contributed by atoms with van der Waals surface area (Å²) in [4.78, 5) is 52.3. The lowest BCUT2D eigenvalue weighted by Crippen LogP contribution is -2.44. The second-order valence-electron chi connectivity index (χ2n) is 10.7. The molecule has 1 saturated carbocycles. The maximum atomic E-state index is 13.5. The van der Waals surface area contributed by atoms with Crippen LogP contribution in [0.15, 0.2) is 55.5 Å². The van der Waals surface area contributed by atoms with E-state index < -0.39 is 72.3 Å². The summed E-state index contributed by atoms with van der Waals surface area (Å²) in [5.74, 6) is -1.21. The molecule has 0 spiro atoms. The van der Waals surface area contributed by atoms with Gasteiger partial charge in [-0.05, 0) is 55.7 Å². The molecule has 0 radical (unpaired) electrons. The topological polar surface area (TPSA) is 296 Å². The molecule has 0 amide bonds. The Bertz CT molecular complexity index is 2240. The number of H-pyrrole nitrogens is 2. The quantitative estimate of drug-likeness (QED) is 0.0245. The Morgan fingerprint density at radius 3 is 2.18 bits per heavy atom. The Hall–Kier alpha value is -3.88. The van der Waals surface area contributed by atoms with Crippen LogP contribution in [0.25, 0.3) is 17.8 Å². The summed E-state index contributed by atoms with van der Waals surface area (Å²) in [5, 5.41) is 26.4.